The predicted octanol–water partition coefficient (Wildman–Crippen LogP) is 2.13. The summed E-state index contributed by atoms with van der Waals surface area (Å²) in [6, 6.07) is -0.188. The summed E-state index contributed by atoms with van der Waals surface area (Å²) in [5.41, 5.74) is 0.167. The van der Waals surface area contributed by atoms with Gasteiger partial charge in [-0.2, -0.15) is 5.10 Å². The number of halogens is 1. The molecule has 1 aromatic rings. The molecule has 0 aliphatic heterocycles. The van der Waals surface area contributed by atoms with Crippen LogP contribution in [0, 0.1) is 18.3 Å². The zero-order valence-corrected chi connectivity index (χ0v) is 11.1. The minimum Gasteiger partial charge on any atom is -0.366 e. The van der Waals surface area contributed by atoms with E-state index in [-0.39, 0.29) is 11.6 Å². The van der Waals surface area contributed by atoms with Crippen LogP contribution in [0.4, 0.5) is 5.69 Å². The Morgan fingerprint density at radius 3 is 3.00 bits per heavy atom. The first-order valence-electron chi connectivity index (χ1n) is 6.14. The van der Waals surface area contributed by atoms with Gasteiger partial charge in [0.15, 0.2) is 0 Å². The van der Waals surface area contributed by atoms with Gasteiger partial charge in [-0.1, -0.05) is 24.4 Å². The first kappa shape index (κ1) is 13.0. The number of aromatic nitrogens is 2. The summed E-state index contributed by atoms with van der Waals surface area (Å²) in [5.74, 6) is 3.17. The fraction of sp³-hybridized carbons (Fsp3) is 0.538. The number of terminal acetylenes is 1. The Hall–Kier alpha value is -1.47. The minimum absolute atomic E-state index is 0.188. The van der Waals surface area contributed by atoms with Gasteiger partial charge in [-0.05, 0) is 25.2 Å². The van der Waals surface area contributed by atoms with Crippen molar-refractivity contribution in [2.45, 2.75) is 38.8 Å². The Balaban J connectivity index is 2.27. The molecule has 1 saturated carbocycles. The van der Waals surface area contributed by atoms with Crippen LogP contribution in [0.5, 0.6) is 0 Å². The van der Waals surface area contributed by atoms with E-state index in [0.717, 1.165) is 6.42 Å². The van der Waals surface area contributed by atoms with Gasteiger partial charge in [0.25, 0.3) is 5.56 Å². The van der Waals surface area contributed by atoms with Gasteiger partial charge >= 0.3 is 0 Å². The van der Waals surface area contributed by atoms with Gasteiger partial charge in [0, 0.05) is 6.54 Å². The van der Waals surface area contributed by atoms with E-state index in [0.29, 0.717) is 23.2 Å². The maximum atomic E-state index is 12.2. The molecule has 1 fully saturated rings. The van der Waals surface area contributed by atoms with Gasteiger partial charge in [0.1, 0.15) is 5.69 Å². The van der Waals surface area contributed by atoms with Crippen molar-refractivity contribution in [3.8, 4) is 12.3 Å². The van der Waals surface area contributed by atoms with Crippen LogP contribution in [0.25, 0.3) is 0 Å². The maximum absolute atomic E-state index is 12.2. The van der Waals surface area contributed by atoms with E-state index in [2.05, 4.69) is 16.3 Å². The number of rotatable bonds is 5. The Bertz CT molecular complexity index is 528. The highest BCUT2D eigenvalue weighted by atomic mass is 35.5. The zero-order chi connectivity index (χ0) is 13.1. The van der Waals surface area contributed by atoms with Crippen molar-refractivity contribution in [1.82, 2.24) is 9.78 Å². The van der Waals surface area contributed by atoms with Crippen LogP contribution < -0.4 is 10.9 Å². The highest BCUT2D eigenvalue weighted by molar-refractivity contribution is 6.33. The van der Waals surface area contributed by atoms with Crippen LogP contribution in [0.2, 0.25) is 5.02 Å². The fourth-order valence-corrected chi connectivity index (χ4v) is 1.89. The van der Waals surface area contributed by atoms with Gasteiger partial charge < -0.3 is 5.32 Å². The lowest BCUT2D eigenvalue weighted by Crippen LogP contribution is -2.29. The van der Waals surface area contributed by atoms with Crippen LogP contribution in [-0.2, 0) is 6.54 Å². The minimum atomic E-state index is -0.192. The third-order valence-corrected chi connectivity index (χ3v) is 3.34. The molecule has 1 unspecified atom stereocenters. The SMILES string of the molecule is C#CC(CC)Nc1c(Cl)cnn(CC2CC2)c1=O. The molecule has 5 heteroatoms. The van der Waals surface area contributed by atoms with E-state index in [1.807, 2.05) is 6.92 Å². The van der Waals surface area contributed by atoms with E-state index in [9.17, 15) is 4.79 Å². The molecule has 1 atom stereocenters. The maximum Gasteiger partial charge on any atom is 0.291 e. The second-order valence-corrected chi connectivity index (χ2v) is 4.98. The molecule has 0 spiro atoms. The number of hydrogen-bond acceptors (Lipinski definition) is 3. The predicted molar refractivity (Wildman–Crippen MR) is 72.8 cm³/mol. The Morgan fingerprint density at radius 1 is 1.72 bits per heavy atom. The van der Waals surface area contributed by atoms with Gasteiger partial charge in [-0.3, -0.25) is 4.79 Å². The molecular formula is C13H16ClN3O. The summed E-state index contributed by atoms with van der Waals surface area (Å²) in [4.78, 5) is 12.2. The van der Waals surface area contributed by atoms with Crippen molar-refractivity contribution in [1.29, 1.82) is 0 Å². The summed E-state index contributed by atoms with van der Waals surface area (Å²) in [6.45, 7) is 2.62. The van der Waals surface area contributed by atoms with E-state index >= 15 is 0 Å². The van der Waals surface area contributed by atoms with Crippen LogP contribution in [0.3, 0.4) is 0 Å². The first-order chi connectivity index (χ1) is 8.65. The standard InChI is InChI=1S/C13H16ClN3O/c1-3-10(4-2)16-12-11(14)7-15-17(13(12)18)8-9-5-6-9/h1,7,9-10,16H,4-6,8H2,2H3. The molecule has 1 aromatic heterocycles. The fourth-order valence-electron chi connectivity index (χ4n) is 1.71. The summed E-state index contributed by atoms with van der Waals surface area (Å²) >= 11 is 6.00. The Labute approximate surface area is 111 Å². The van der Waals surface area contributed by atoms with E-state index in [4.69, 9.17) is 18.0 Å². The van der Waals surface area contributed by atoms with Gasteiger partial charge in [-0.25, -0.2) is 4.68 Å². The van der Waals surface area contributed by atoms with Crippen molar-refractivity contribution < 1.29 is 0 Å². The van der Waals surface area contributed by atoms with Crippen molar-refractivity contribution in [3.63, 3.8) is 0 Å². The molecule has 1 aliphatic carbocycles. The molecule has 4 nitrogen and oxygen atoms in total. The Kier molecular flexibility index (Phi) is 3.93. The molecule has 0 bridgehead atoms. The number of nitrogens with zero attached hydrogens (tertiary/aromatic N) is 2. The van der Waals surface area contributed by atoms with Crippen molar-refractivity contribution in [2.75, 3.05) is 5.32 Å². The van der Waals surface area contributed by atoms with E-state index < -0.39 is 0 Å². The molecule has 96 valence electrons. The smallest absolute Gasteiger partial charge is 0.291 e. The van der Waals surface area contributed by atoms with E-state index in [1.54, 1.807) is 0 Å². The van der Waals surface area contributed by atoms with Crippen molar-refractivity contribution >= 4 is 17.3 Å². The zero-order valence-electron chi connectivity index (χ0n) is 10.3. The first-order valence-corrected chi connectivity index (χ1v) is 6.51. The summed E-state index contributed by atoms with van der Waals surface area (Å²) in [5, 5.41) is 7.39. The van der Waals surface area contributed by atoms with Crippen molar-refractivity contribution in [2.24, 2.45) is 5.92 Å². The van der Waals surface area contributed by atoms with Crippen LogP contribution in [0.15, 0.2) is 11.0 Å². The molecule has 0 aromatic carbocycles. The quantitative estimate of drug-likeness (QED) is 0.830. The molecular weight excluding hydrogens is 250 g/mol. The summed E-state index contributed by atoms with van der Waals surface area (Å²) in [7, 11) is 0. The number of hydrogen-bond donors (Lipinski definition) is 1. The van der Waals surface area contributed by atoms with Gasteiger partial charge in [0.05, 0.1) is 17.3 Å². The average molecular weight is 266 g/mol. The van der Waals surface area contributed by atoms with E-state index in [1.165, 1.54) is 23.7 Å². The highest BCUT2D eigenvalue weighted by Gasteiger charge is 2.23. The number of nitrogens with one attached hydrogen (secondary N) is 1. The lowest BCUT2D eigenvalue weighted by molar-refractivity contribution is 0.534. The summed E-state index contributed by atoms with van der Waals surface area (Å²) < 4.78 is 1.47. The van der Waals surface area contributed by atoms with Crippen molar-refractivity contribution in [3.05, 3.63) is 21.6 Å². The van der Waals surface area contributed by atoms with Crippen LogP contribution in [-0.4, -0.2) is 15.8 Å². The molecule has 2 rings (SSSR count). The van der Waals surface area contributed by atoms with Crippen LogP contribution >= 0.6 is 11.6 Å². The topological polar surface area (TPSA) is 46.9 Å². The number of anilines is 1. The Morgan fingerprint density at radius 2 is 2.44 bits per heavy atom. The highest BCUT2D eigenvalue weighted by Crippen LogP contribution is 2.30. The molecule has 1 aliphatic rings. The second kappa shape index (κ2) is 5.45. The second-order valence-electron chi connectivity index (χ2n) is 4.57. The largest absolute Gasteiger partial charge is 0.366 e. The lowest BCUT2D eigenvalue weighted by Gasteiger charge is -2.14. The summed E-state index contributed by atoms with van der Waals surface area (Å²) in [6.07, 6.45) is 9.95. The third-order valence-electron chi connectivity index (χ3n) is 3.05. The monoisotopic (exact) mass is 265 g/mol. The molecule has 0 radical (unpaired) electrons. The van der Waals surface area contributed by atoms with Gasteiger partial charge in [0.2, 0.25) is 0 Å². The average Bonchev–Trinajstić information content (AvgIpc) is 3.17. The normalized spacial score (nSPS) is 16.1. The molecule has 0 saturated heterocycles. The molecule has 1 heterocycles. The van der Waals surface area contributed by atoms with Crippen LogP contribution in [0.1, 0.15) is 26.2 Å². The third kappa shape index (κ3) is 2.85. The van der Waals surface area contributed by atoms with Gasteiger partial charge in [-0.15, -0.1) is 6.42 Å². The molecule has 1 N–H and O–H groups in total. The molecule has 18 heavy (non-hydrogen) atoms. The molecule has 0 amide bonds. The lowest BCUT2D eigenvalue weighted by atomic mass is 10.2.